The third kappa shape index (κ3) is 8.34. The highest BCUT2D eigenvalue weighted by Crippen LogP contribution is 2.38. The van der Waals surface area contributed by atoms with E-state index >= 15 is 0 Å². The van der Waals surface area contributed by atoms with Gasteiger partial charge < -0.3 is 21.1 Å². The molecule has 6 heteroatoms. The number of aliphatic hydroxyl groups excluding tert-OH is 1. The van der Waals surface area contributed by atoms with E-state index in [9.17, 15) is 9.90 Å². The van der Waals surface area contributed by atoms with E-state index < -0.39 is 0 Å². The Balaban J connectivity index is 1.98. The van der Waals surface area contributed by atoms with Crippen molar-refractivity contribution < 1.29 is 9.90 Å². The number of aliphatic hydroxyl groups is 1. The lowest BCUT2D eigenvalue weighted by Crippen LogP contribution is -2.44. The number of hydrogen-bond donors (Lipinski definition) is 4. The molecule has 6 nitrogen and oxygen atoms in total. The van der Waals surface area contributed by atoms with E-state index in [0.717, 1.165) is 49.6 Å². The second kappa shape index (κ2) is 12.6. The Kier molecular flexibility index (Phi) is 10.1. The van der Waals surface area contributed by atoms with Gasteiger partial charge >= 0.3 is 0 Å². The van der Waals surface area contributed by atoms with Crippen molar-refractivity contribution in [3.8, 4) is 0 Å². The Morgan fingerprint density at radius 2 is 1.97 bits per heavy atom. The molecule has 1 aromatic rings. The van der Waals surface area contributed by atoms with Crippen molar-refractivity contribution in [2.45, 2.75) is 72.3 Å². The predicted octanol–water partition coefficient (Wildman–Crippen LogP) is 4.06. The van der Waals surface area contributed by atoms with Crippen LogP contribution in [0.2, 0.25) is 0 Å². The number of amides is 1. The fourth-order valence-corrected chi connectivity index (χ4v) is 4.17. The number of guanidine groups is 1. The summed E-state index contributed by atoms with van der Waals surface area (Å²) >= 11 is 0. The number of carbonyl (C=O) groups excluding carboxylic acids is 1. The van der Waals surface area contributed by atoms with Crippen molar-refractivity contribution in [3.63, 3.8) is 0 Å². The number of aliphatic imine (C=N–C) groups is 1. The van der Waals surface area contributed by atoms with E-state index in [1.807, 2.05) is 38.1 Å². The zero-order valence-corrected chi connectivity index (χ0v) is 19.0. The molecule has 0 bridgehead atoms. The van der Waals surface area contributed by atoms with Gasteiger partial charge in [-0.1, -0.05) is 45.2 Å². The van der Waals surface area contributed by atoms with Crippen LogP contribution >= 0.6 is 0 Å². The number of benzene rings is 1. The van der Waals surface area contributed by atoms with E-state index in [4.69, 9.17) is 4.99 Å². The van der Waals surface area contributed by atoms with Gasteiger partial charge in [0.25, 0.3) is 0 Å². The normalized spacial score (nSPS) is 16.4. The molecule has 1 aliphatic rings. The van der Waals surface area contributed by atoms with Crippen LogP contribution in [-0.4, -0.2) is 36.7 Å². The van der Waals surface area contributed by atoms with Crippen LogP contribution in [0.15, 0.2) is 29.3 Å². The second-order valence-corrected chi connectivity index (χ2v) is 8.93. The SMILES string of the molecule is CCNC(=NCc1cccc(NC(=O)CC(C)C)c1)NCC1(CCO)CCCCC1. The Morgan fingerprint density at radius 3 is 2.63 bits per heavy atom. The fourth-order valence-electron chi connectivity index (χ4n) is 4.17. The fraction of sp³-hybridized carbons (Fsp3) is 0.667. The van der Waals surface area contributed by atoms with Crippen LogP contribution in [0.5, 0.6) is 0 Å². The summed E-state index contributed by atoms with van der Waals surface area (Å²) in [6.45, 7) is 8.55. The van der Waals surface area contributed by atoms with Crippen molar-refractivity contribution in [2.75, 3.05) is 25.0 Å². The molecule has 30 heavy (non-hydrogen) atoms. The van der Waals surface area contributed by atoms with Gasteiger partial charge in [0.2, 0.25) is 5.91 Å². The quantitative estimate of drug-likeness (QED) is 0.342. The highest BCUT2D eigenvalue weighted by atomic mass is 16.3. The van der Waals surface area contributed by atoms with Crippen LogP contribution in [0, 0.1) is 11.3 Å². The first kappa shape index (κ1) is 24.2. The molecular weight excluding hydrogens is 376 g/mol. The molecular formula is C24H40N4O2. The van der Waals surface area contributed by atoms with Gasteiger partial charge in [0, 0.05) is 31.8 Å². The van der Waals surface area contributed by atoms with E-state index in [-0.39, 0.29) is 17.9 Å². The van der Waals surface area contributed by atoms with E-state index in [0.29, 0.717) is 18.9 Å². The average Bonchev–Trinajstić information content (AvgIpc) is 2.71. The Bertz CT molecular complexity index is 676. The molecule has 0 radical (unpaired) electrons. The van der Waals surface area contributed by atoms with Gasteiger partial charge in [-0.3, -0.25) is 4.79 Å². The summed E-state index contributed by atoms with van der Waals surface area (Å²) in [6.07, 6.45) is 7.47. The van der Waals surface area contributed by atoms with Crippen LogP contribution in [-0.2, 0) is 11.3 Å². The number of hydrogen-bond acceptors (Lipinski definition) is 3. The molecule has 1 amide bonds. The molecule has 2 rings (SSSR count). The van der Waals surface area contributed by atoms with Crippen molar-refractivity contribution in [1.82, 2.24) is 10.6 Å². The molecule has 0 saturated heterocycles. The van der Waals surface area contributed by atoms with Crippen LogP contribution in [0.1, 0.15) is 71.3 Å². The Morgan fingerprint density at radius 1 is 1.20 bits per heavy atom. The molecule has 0 heterocycles. The van der Waals surface area contributed by atoms with E-state index in [2.05, 4.69) is 22.9 Å². The van der Waals surface area contributed by atoms with Gasteiger partial charge in [-0.2, -0.15) is 0 Å². The van der Waals surface area contributed by atoms with Gasteiger partial charge in [0.1, 0.15) is 0 Å². The number of carbonyl (C=O) groups is 1. The maximum absolute atomic E-state index is 12.0. The number of anilines is 1. The number of nitrogens with one attached hydrogen (secondary N) is 3. The third-order valence-corrected chi connectivity index (χ3v) is 5.76. The summed E-state index contributed by atoms with van der Waals surface area (Å²) in [5, 5.41) is 19.3. The highest BCUT2D eigenvalue weighted by molar-refractivity contribution is 5.90. The summed E-state index contributed by atoms with van der Waals surface area (Å²) in [5.74, 6) is 1.18. The smallest absolute Gasteiger partial charge is 0.224 e. The standard InChI is InChI=1S/C24H40N4O2/c1-4-25-23(27-18-24(13-14-29)11-6-5-7-12-24)26-17-20-9-8-10-21(16-20)28-22(30)15-19(2)3/h8-10,16,19,29H,4-7,11-15,17-18H2,1-3H3,(H,28,30)(H2,25,26,27). The first-order chi connectivity index (χ1) is 14.5. The molecule has 1 saturated carbocycles. The van der Waals surface area contributed by atoms with Gasteiger partial charge in [0.15, 0.2) is 5.96 Å². The highest BCUT2D eigenvalue weighted by Gasteiger charge is 2.31. The molecule has 1 aliphatic carbocycles. The Hall–Kier alpha value is -2.08. The Labute approximate surface area is 181 Å². The summed E-state index contributed by atoms with van der Waals surface area (Å²) in [5.41, 5.74) is 2.04. The maximum Gasteiger partial charge on any atom is 0.224 e. The average molecular weight is 417 g/mol. The van der Waals surface area contributed by atoms with Crippen molar-refractivity contribution in [3.05, 3.63) is 29.8 Å². The lowest BCUT2D eigenvalue weighted by molar-refractivity contribution is -0.116. The van der Waals surface area contributed by atoms with E-state index in [1.165, 1.54) is 19.3 Å². The van der Waals surface area contributed by atoms with Gasteiger partial charge in [-0.05, 0) is 55.2 Å². The van der Waals surface area contributed by atoms with Crippen molar-refractivity contribution in [2.24, 2.45) is 16.3 Å². The summed E-state index contributed by atoms with van der Waals surface area (Å²) < 4.78 is 0. The maximum atomic E-state index is 12.0. The first-order valence-electron chi connectivity index (χ1n) is 11.5. The predicted molar refractivity (Wildman–Crippen MR) is 125 cm³/mol. The number of rotatable bonds is 10. The summed E-state index contributed by atoms with van der Waals surface area (Å²) in [6, 6.07) is 7.88. The van der Waals surface area contributed by atoms with Gasteiger partial charge in [-0.15, -0.1) is 0 Å². The van der Waals surface area contributed by atoms with Crippen LogP contribution < -0.4 is 16.0 Å². The molecule has 0 spiro atoms. The summed E-state index contributed by atoms with van der Waals surface area (Å²) in [7, 11) is 0. The molecule has 1 aromatic carbocycles. The zero-order valence-electron chi connectivity index (χ0n) is 19.0. The minimum atomic E-state index is 0.0438. The van der Waals surface area contributed by atoms with Crippen molar-refractivity contribution in [1.29, 1.82) is 0 Å². The molecule has 1 fully saturated rings. The van der Waals surface area contributed by atoms with Crippen LogP contribution in [0.3, 0.4) is 0 Å². The molecule has 4 N–H and O–H groups in total. The minimum Gasteiger partial charge on any atom is -0.396 e. The lowest BCUT2D eigenvalue weighted by Gasteiger charge is -2.37. The first-order valence-corrected chi connectivity index (χ1v) is 11.5. The van der Waals surface area contributed by atoms with Crippen LogP contribution in [0.4, 0.5) is 5.69 Å². The monoisotopic (exact) mass is 416 g/mol. The molecule has 0 aromatic heterocycles. The summed E-state index contributed by atoms with van der Waals surface area (Å²) in [4.78, 5) is 16.8. The molecule has 0 aliphatic heterocycles. The topological polar surface area (TPSA) is 85.8 Å². The third-order valence-electron chi connectivity index (χ3n) is 5.76. The second-order valence-electron chi connectivity index (χ2n) is 8.93. The lowest BCUT2D eigenvalue weighted by atomic mass is 9.72. The molecule has 0 atom stereocenters. The molecule has 168 valence electrons. The van der Waals surface area contributed by atoms with Gasteiger partial charge in [-0.25, -0.2) is 4.99 Å². The zero-order chi connectivity index (χ0) is 21.8. The molecule has 0 unspecified atom stereocenters. The van der Waals surface area contributed by atoms with Crippen molar-refractivity contribution >= 4 is 17.6 Å². The minimum absolute atomic E-state index is 0.0438. The number of nitrogens with zero attached hydrogens (tertiary/aromatic N) is 1. The largest absolute Gasteiger partial charge is 0.396 e. The van der Waals surface area contributed by atoms with Gasteiger partial charge in [0.05, 0.1) is 6.54 Å². The van der Waals surface area contributed by atoms with Crippen LogP contribution in [0.25, 0.3) is 0 Å². The van der Waals surface area contributed by atoms with E-state index in [1.54, 1.807) is 0 Å².